The molecular weight excluding hydrogens is 444 g/mol. The zero-order valence-corrected chi connectivity index (χ0v) is 20.7. The van der Waals surface area contributed by atoms with E-state index in [9.17, 15) is 9.59 Å². The number of benzene rings is 2. The molecule has 0 aliphatic carbocycles. The van der Waals surface area contributed by atoms with Crippen molar-refractivity contribution in [3.8, 4) is 5.75 Å². The summed E-state index contributed by atoms with van der Waals surface area (Å²) in [6, 6.07) is 14.7. The molecule has 1 aliphatic rings. The minimum Gasteiger partial charge on any atom is -0.489 e. The van der Waals surface area contributed by atoms with E-state index in [4.69, 9.17) is 13.9 Å². The number of ether oxygens (including phenoxy) is 2. The van der Waals surface area contributed by atoms with Crippen molar-refractivity contribution in [1.29, 1.82) is 0 Å². The summed E-state index contributed by atoms with van der Waals surface area (Å²) < 4.78 is 16.7. The molecule has 0 unspecified atom stereocenters. The van der Waals surface area contributed by atoms with Crippen molar-refractivity contribution in [3.05, 3.63) is 75.6 Å². The van der Waals surface area contributed by atoms with Gasteiger partial charge in [-0.25, -0.2) is 4.79 Å². The molecule has 35 heavy (non-hydrogen) atoms. The van der Waals surface area contributed by atoms with Crippen LogP contribution in [-0.2, 0) is 11.3 Å². The number of amides is 1. The smallest absolute Gasteiger partial charge is 0.336 e. The van der Waals surface area contributed by atoms with Crippen LogP contribution in [0, 0.1) is 12.8 Å². The van der Waals surface area contributed by atoms with E-state index in [0.29, 0.717) is 42.0 Å². The fourth-order valence-corrected chi connectivity index (χ4v) is 4.47. The van der Waals surface area contributed by atoms with Gasteiger partial charge in [-0.05, 0) is 54.7 Å². The lowest BCUT2D eigenvalue weighted by Crippen LogP contribution is -2.49. The van der Waals surface area contributed by atoms with Gasteiger partial charge < -0.3 is 19.2 Å². The number of fused-ring (bicyclic) bond motifs is 1. The molecule has 1 aromatic heterocycles. The predicted octanol–water partition coefficient (Wildman–Crippen LogP) is 4.16. The molecule has 186 valence electrons. The van der Waals surface area contributed by atoms with Crippen LogP contribution >= 0.6 is 0 Å². The molecule has 2 heterocycles. The number of carbonyl (C=O) groups is 1. The van der Waals surface area contributed by atoms with Gasteiger partial charge in [0, 0.05) is 48.8 Å². The molecule has 1 aliphatic heterocycles. The van der Waals surface area contributed by atoms with Crippen molar-refractivity contribution < 1.29 is 18.7 Å². The second-order valence-electron chi connectivity index (χ2n) is 9.53. The van der Waals surface area contributed by atoms with E-state index in [1.54, 1.807) is 6.07 Å². The van der Waals surface area contributed by atoms with Gasteiger partial charge in [0.15, 0.2) is 0 Å². The van der Waals surface area contributed by atoms with Gasteiger partial charge in [-0.15, -0.1) is 0 Å². The molecule has 0 radical (unpaired) electrons. The fourth-order valence-electron chi connectivity index (χ4n) is 4.47. The molecule has 1 atom stereocenters. The highest BCUT2D eigenvalue weighted by atomic mass is 16.5. The lowest BCUT2D eigenvalue weighted by molar-refractivity contribution is 0.0124. The maximum atomic E-state index is 12.8. The summed E-state index contributed by atoms with van der Waals surface area (Å²) in [7, 11) is 0. The minimum atomic E-state index is -0.374. The van der Waals surface area contributed by atoms with Crippen molar-refractivity contribution in [2.45, 2.75) is 39.8 Å². The van der Waals surface area contributed by atoms with E-state index < -0.39 is 0 Å². The average Bonchev–Trinajstić information content (AvgIpc) is 2.85. The van der Waals surface area contributed by atoms with Gasteiger partial charge in [0.1, 0.15) is 17.9 Å². The van der Waals surface area contributed by atoms with Crippen LogP contribution in [0.3, 0.4) is 0 Å². The van der Waals surface area contributed by atoms with Crippen LogP contribution < -0.4 is 15.7 Å². The lowest BCUT2D eigenvalue weighted by atomic mass is 10.0. The zero-order chi connectivity index (χ0) is 24.8. The summed E-state index contributed by atoms with van der Waals surface area (Å²) in [5.41, 5.74) is 2.58. The van der Waals surface area contributed by atoms with Crippen LogP contribution in [0.1, 0.15) is 41.8 Å². The number of hydrogen-bond acceptors (Lipinski definition) is 6. The van der Waals surface area contributed by atoms with Crippen LogP contribution in [0.4, 0.5) is 0 Å². The Hall–Kier alpha value is -3.16. The Balaban J connectivity index is 1.32. The molecule has 4 rings (SSSR count). The van der Waals surface area contributed by atoms with E-state index >= 15 is 0 Å². The Morgan fingerprint density at radius 2 is 1.83 bits per heavy atom. The molecule has 1 fully saturated rings. The van der Waals surface area contributed by atoms with Crippen LogP contribution in [0.15, 0.2) is 57.7 Å². The van der Waals surface area contributed by atoms with Crippen molar-refractivity contribution in [1.82, 2.24) is 10.2 Å². The molecule has 7 nitrogen and oxygen atoms in total. The summed E-state index contributed by atoms with van der Waals surface area (Å²) in [6.45, 7) is 10.6. The summed E-state index contributed by atoms with van der Waals surface area (Å²) >= 11 is 0. The summed E-state index contributed by atoms with van der Waals surface area (Å²) in [5, 5.41) is 4.00. The molecule has 3 aromatic rings. The maximum absolute atomic E-state index is 12.8. The van der Waals surface area contributed by atoms with Crippen LogP contribution in [0.2, 0.25) is 0 Å². The maximum Gasteiger partial charge on any atom is 0.336 e. The number of nitrogens with zero attached hydrogens (tertiary/aromatic N) is 1. The van der Waals surface area contributed by atoms with E-state index in [2.05, 4.69) is 24.1 Å². The van der Waals surface area contributed by atoms with Gasteiger partial charge in [0.2, 0.25) is 0 Å². The summed E-state index contributed by atoms with van der Waals surface area (Å²) in [6.07, 6.45) is 1.04. The van der Waals surface area contributed by atoms with Gasteiger partial charge in [-0.2, -0.15) is 0 Å². The first kappa shape index (κ1) is 24.9. The standard InChI is InChI=1S/C28H34N2O5/c1-19(2)14-23(30-10-12-33-13-11-30)17-29-28(32)22-6-4-21(5-7-22)18-34-24-8-9-25-20(3)15-27(31)35-26(25)16-24/h4-9,15-16,19,23H,10-14,17-18H2,1-3H3,(H,29,32)/t23-/m0/s1. The van der Waals surface area contributed by atoms with Crippen molar-refractivity contribution in [3.63, 3.8) is 0 Å². The van der Waals surface area contributed by atoms with E-state index in [1.165, 1.54) is 6.07 Å². The van der Waals surface area contributed by atoms with Crippen LogP contribution in [0.5, 0.6) is 5.75 Å². The zero-order valence-electron chi connectivity index (χ0n) is 20.7. The number of carbonyl (C=O) groups excluding carboxylic acids is 1. The highest BCUT2D eigenvalue weighted by molar-refractivity contribution is 5.94. The molecule has 0 bridgehead atoms. The number of nitrogens with one attached hydrogen (secondary N) is 1. The second-order valence-corrected chi connectivity index (χ2v) is 9.53. The average molecular weight is 479 g/mol. The molecule has 1 N–H and O–H groups in total. The van der Waals surface area contributed by atoms with Crippen LogP contribution in [0.25, 0.3) is 11.0 Å². The Kier molecular flexibility index (Phi) is 8.21. The van der Waals surface area contributed by atoms with E-state index in [-0.39, 0.29) is 11.5 Å². The second kappa shape index (κ2) is 11.5. The first-order chi connectivity index (χ1) is 16.9. The number of morpholine rings is 1. The number of aryl methyl sites for hydroxylation is 1. The molecule has 0 spiro atoms. The first-order valence-electron chi connectivity index (χ1n) is 12.3. The van der Waals surface area contributed by atoms with Gasteiger partial charge in [0.05, 0.1) is 13.2 Å². The minimum absolute atomic E-state index is 0.0700. The third kappa shape index (κ3) is 6.71. The topological polar surface area (TPSA) is 81.0 Å². The third-order valence-corrected chi connectivity index (χ3v) is 6.35. The molecule has 7 heteroatoms. The first-order valence-corrected chi connectivity index (χ1v) is 12.3. The Bertz CT molecular complexity index is 1200. The SMILES string of the molecule is Cc1cc(=O)oc2cc(OCc3ccc(C(=O)NC[C@H](CC(C)C)N4CCOCC4)cc3)ccc12. The Labute approximate surface area is 206 Å². The highest BCUT2D eigenvalue weighted by Gasteiger charge is 2.22. The highest BCUT2D eigenvalue weighted by Crippen LogP contribution is 2.23. The molecular formula is C28H34N2O5. The lowest BCUT2D eigenvalue weighted by Gasteiger charge is -2.35. The summed E-state index contributed by atoms with van der Waals surface area (Å²) in [5.74, 6) is 1.11. The van der Waals surface area contributed by atoms with Crippen molar-refractivity contribution in [2.75, 3.05) is 32.8 Å². The van der Waals surface area contributed by atoms with Crippen molar-refractivity contribution in [2.24, 2.45) is 5.92 Å². The summed E-state index contributed by atoms with van der Waals surface area (Å²) in [4.78, 5) is 26.8. The van der Waals surface area contributed by atoms with Crippen molar-refractivity contribution >= 4 is 16.9 Å². The van der Waals surface area contributed by atoms with E-state index in [1.807, 2.05) is 43.3 Å². The predicted molar refractivity (Wildman–Crippen MR) is 136 cm³/mol. The largest absolute Gasteiger partial charge is 0.489 e. The Morgan fingerprint density at radius 1 is 1.09 bits per heavy atom. The molecule has 1 saturated heterocycles. The third-order valence-electron chi connectivity index (χ3n) is 6.35. The van der Waals surface area contributed by atoms with E-state index in [0.717, 1.165) is 49.2 Å². The molecule has 1 amide bonds. The van der Waals surface area contributed by atoms with Gasteiger partial charge in [-0.1, -0.05) is 26.0 Å². The van der Waals surface area contributed by atoms with Gasteiger partial charge in [0.25, 0.3) is 5.91 Å². The normalized spacial score (nSPS) is 15.3. The molecule has 0 saturated carbocycles. The monoisotopic (exact) mass is 478 g/mol. The fraction of sp³-hybridized carbons (Fsp3) is 0.429. The van der Waals surface area contributed by atoms with Gasteiger partial charge >= 0.3 is 5.63 Å². The number of hydrogen-bond donors (Lipinski definition) is 1. The molecule has 2 aromatic carbocycles. The van der Waals surface area contributed by atoms with Crippen LogP contribution in [-0.4, -0.2) is 49.7 Å². The Morgan fingerprint density at radius 3 is 2.54 bits per heavy atom. The number of rotatable bonds is 9. The van der Waals surface area contributed by atoms with Gasteiger partial charge in [-0.3, -0.25) is 9.69 Å². The quantitative estimate of drug-likeness (QED) is 0.465.